The van der Waals surface area contributed by atoms with Gasteiger partial charge in [-0.1, -0.05) is 0 Å². The summed E-state index contributed by atoms with van der Waals surface area (Å²) in [4.78, 5) is 21.7. The van der Waals surface area contributed by atoms with Gasteiger partial charge in [-0.2, -0.15) is 8.78 Å². The number of nitrogens with one attached hydrogen (secondary N) is 1. The minimum atomic E-state index is -3.08. The van der Waals surface area contributed by atoms with Crippen molar-refractivity contribution in [2.45, 2.75) is 65.1 Å². The molecule has 2 aliphatic rings. The molecule has 1 saturated carbocycles. The van der Waals surface area contributed by atoms with E-state index >= 15 is 0 Å². The van der Waals surface area contributed by atoms with E-state index in [4.69, 9.17) is 5.73 Å². The van der Waals surface area contributed by atoms with Crippen molar-refractivity contribution in [2.75, 3.05) is 11.5 Å². The highest BCUT2D eigenvalue weighted by Gasteiger charge is 2.46. The molecule has 3 N–H and O–H groups in total. The zero-order valence-electron chi connectivity index (χ0n) is 19.2. The highest BCUT2D eigenvalue weighted by Crippen LogP contribution is 2.33. The summed E-state index contributed by atoms with van der Waals surface area (Å²) in [6, 6.07) is 1.38. The first-order valence-electron chi connectivity index (χ1n) is 10.8. The number of carbonyl (C=O) groups excluding carboxylic acids is 1. The van der Waals surface area contributed by atoms with E-state index in [2.05, 4.69) is 20.0 Å². The van der Waals surface area contributed by atoms with E-state index in [-0.39, 0.29) is 35.1 Å². The Kier molecular flexibility index (Phi) is 7.11. The van der Waals surface area contributed by atoms with Gasteiger partial charge in [-0.15, -0.1) is 0 Å². The van der Waals surface area contributed by atoms with Gasteiger partial charge in [0.25, 0.3) is 0 Å². The summed E-state index contributed by atoms with van der Waals surface area (Å²) < 4.78 is 52.8. The first-order chi connectivity index (χ1) is 15.3. The fourth-order valence-corrected chi connectivity index (χ4v) is 6.40. The predicted molar refractivity (Wildman–Crippen MR) is 122 cm³/mol. The number of nitrogens with two attached hydrogens (primary N) is 1. The lowest BCUT2D eigenvalue weighted by Gasteiger charge is -2.40. The number of aliphatic imine (C=N–C) groups is 1. The molecule has 0 bridgehead atoms. The summed E-state index contributed by atoms with van der Waals surface area (Å²) in [5, 5.41) is 2.88. The lowest BCUT2D eigenvalue weighted by atomic mass is 9.81. The second kappa shape index (κ2) is 9.36. The molecule has 0 aromatic carbocycles. The molecule has 2 heterocycles. The smallest absolute Gasteiger partial charge is 0.387 e. The molecule has 1 aromatic rings. The molecular formula is C22H30F2N4O4S. The standard InChI is InChI=1S/C22H30F2N4O4S/c1-12(2)27-18-7-14(20(29)28-22(4)10-33(30,31)11-22)5-6-16(18)19(25)17-8-15(32-21(23)24)9-26-13(17)3/h8-9,12,14,21H,5-7,10-11,25H2,1-4H3,(H,28,29)/t14-/m1/s1. The van der Waals surface area contributed by atoms with Crippen LogP contribution in [0.2, 0.25) is 0 Å². The molecule has 2 fully saturated rings. The van der Waals surface area contributed by atoms with Gasteiger partial charge in [-0.25, -0.2) is 8.42 Å². The van der Waals surface area contributed by atoms with E-state index in [1.807, 2.05) is 13.8 Å². The third kappa shape index (κ3) is 6.07. The van der Waals surface area contributed by atoms with Gasteiger partial charge in [0, 0.05) is 41.0 Å². The number of aryl methyl sites for hydroxylation is 1. The maximum absolute atomic E-state index is 12.9. The number of alkyl halides is 2. The van der Waals surface area contributed by atoms with Crippen molar-refractivity contribution >= 4 is 27.2 Å². The van der Waals surface area contributed by atoms with E-state index in [1.54, 1.807) is 13.8 Å². The Morgan fingerprint density at radius 1 is 1.36 bits per heavy atom. The van der Waals surface area contributed by atoms with Crippen LogP contribution < -0.4 is 15.8 Å². The van der Waals surface area contributed by atoms with Crippen LogP contribution in [0.15, 0.2) is 22.8 Å². The first kappa shape index (κ1) is 25.1. The monoisotopic (exact) mass is 484 g/mol. The minimum Gasteiger partial charge on any atom is -0.433 e. The number of pyridine rings is 1. The number of sulfone groups is 1. The lowest BCUT2D eigenvalue weighted by molar-refractivity contribution is -0.126. The van der Waals surface area contributed by atoms with Gasteiger partial charge in [0.2, 0.25) is 5.91 Å². The third-order valence-corrected chi connectivity index (χ3v) is 7.87. The maximum atomic E-state index is 12.9. The molecule has 0 spiro atoms. The van der Waals surface area contributed by atoms with Crippen molar-refractivity contribution in [1.29, 1.82) is 0 Å². The van der Waals surface area contributed by atoms with Gasteiger partial charge in [-0.3, -0.25) is 14.8 Å². The normalized spacial score (nSPS) is 24.5. The first-order valence-corrected chi connectivity index (χ1v) is 12.6. The van der Waals surface area contributed by atoms with Crippen LogP contribution in [0.25, 0.3) is 5.70 Å². The van der Waals surface area contributed by atoms with Crippen LogP contribution in [0.1, 0.15) is 51.3 Å². The topological polar surface area (TPSA) is 124 Å². The third-order valence-electron chi connectivity index (χ3n) is 5.72. The molecule has 11 heteroatoms. The molecule has 1 atom stereocenters. The lowest BCUT2D eigenvalue weighted by Crippen LogP contribution is -2.64. The number of hydrogen-bond donors (Lipinski definition) is 2. The number of nitrogens with zero attached hydrogens (tertiary/aromatic N) is 2. The summed E-state index contributed by atoms with van der Waals surface area (Å²) >= 11 is 0. The summed E-state index contributed by atoms with van der Waals surface area (Å²) in [7, 11) is -3.08. The van der Waals surface area contributed by atoms with Crippen LogP contribution in [-0.2, 0) is 14.6 Å². The maximum Gasteiger partial charge on any atom is 0.387 e. The highest BCUT2D eigenvalue weighted by atomic mass is 32.2. The van der Waals surface area contributed by atoms with Crippen molar-refractivity contribution in [2.24, 2.45) is 16.6 Å². The highest BCUT2D eigenvalue weighted by molar-refractivity contribution is 7.93. The summed E-state index contributed by atoms with van der Waals surface area (Å²) in [5.41, 5.74) is 8.57. The Bertz CT molecular complexity index is 1090. The summed E-state index contributed by atoms with van der Waals surface area (Å²) in [5.74, 6) is -0.786. The zero-order valence-corrected chi connectivity index (χ0v) is 20.0. The SMILES string of the molecule is Cc1ncc(OC(F)F)cc1C(N)=C1CC[C@@H](C(=O)NC2(C)CS(=O)(=O)C2)CC1=NC(C)C. The van der Waals surface area contributed by atoms with E-state index in [1.165, 1.54) is 12.3 Å². The van der Waals surface area contributed by atoms with Crippen molar-refractivity contribution in [3.05, 3.63) is 29.1 Å². The van der Waals surface area contributed by atoms with Gasteiger partial charge in [0.05, 0.1) is 23.2 Å². The average molecular weight is 485 g/mol. The molecule has 0 radical (unpaired) electrons. The number of aromatic nitrogens is 1. The number of allylic oxidation sites excluding steroid dienone is 1. The number of hydrogen-bond acceptors (Lipinski definition) is 7. The Hall–Kier alpha value is -2.56. The van der Waals surface area contributed by atoms with Gasteiger partial charge in [0.1, 0.15) is 5.75 Å². The fraction of sp³-hybridized carbons (Fsp3) is 0.591. The van der Waals surface area contributed by atoms with Gasteiger partial charge >= 0.3 is 6.61 Å². The van der Waals surface area contributed by atoms with Crippen molar-refractivity contribution in [3.8, 4) is 5.75 Å². The summed E-state index contributed by atoms with van der Waals surface area (Å²) in [6.07, 6.45) is 2.53. The summed E-state index contributed by atoms with van der Waals surface area (Å²) in [6.45, 7) is 4.30. The molecule has 1 aliphatic carbocycles. The van der Waals surface area contributed by atoms with E-state index in [0.29, 0.717) is 41.9 Å². The Morgan fingerprint density at radius 2 is 2.03 bits per heavy atom. The van der Waals surface area contributed by atoms with Gasteiger partial charge in [-0.05, 0) is 52.2 Å². The largest absolute Gasteiger partial charge is 0.433 e. The molecule has 1 aliphatic heterocycles. The van der Waals surface area contributed by atoms with Crippen LogP contribution in [-0.4, -0.2) is 54.7 Å². The molecule has 3 rings (SSSR count). The molecular weight excluding hydrogens is 454 g/mol. The van der Waals surface area contributed by atoms with Crippen molar-refractivity contribution in [3.63, 3.8) is 0 Å². The molecule has 8 nitrogen and oxygen atoms in total. The number of carbonyl (C=O) groups is 1. The van der Waals surface area contributed by atoms with Crippen LogP contribution in [0, 0.1) is 12.8 Å². The Balaban J connectivity index is 1.86. The molecule has 1 aromatic heterocycles. The van der Waals surface area contributed by atoms with E-state index in [0.717, 1.165) is 5.57 Å². The number of rotatable bonds is 6. The van der Waals surface area contributed by atoms with Crippen LogP contribution in [0.4, 0.5) is 8.78 Å². The predicted octanol–water partition coefficient (Wildman–Crippen LogP) is 2.61. The second-order valence-electron chi connectivity index (χ2n) is 9.27. The number of ether oxygens (including phenoxy) is 1. The molecule has 182 valence electrons. The minimum absolute atomic E-state index is 0.0494. The van der Waals surface area contributed by atoms with Crippen molar-refractivity contribution < 1.29 is 26.7 Å². The number of amides is 1. The van der Waals surface area contributed by atoms with Crippen molar-refractivity contribution in [1.82, 2.24) is 10.3 Å². The Morgan fingerprint density at radius 3 is 2.61 bits per heavy atom. The fourth-order valence-electron chi connectivity index (χ4n) is 4.39. The van der Waals surface area contributed by atoms with E-state index < -0.39 is 22.0 Å². The van der Waals surface area contributed by atoms with Crippen LogP contribution in [0.5, 0.6) is 5.75 Å². The van der Waals surface area contributed by atoms with Crippen LogP contribution in [0.3, 0.4) is 0 Å². The van der Waals surface area contributed by atoms with Gasteiger partial charge in [0.15, 0.2) is 9.84 Å². The second-order valence-corrected chi connectivity index (χ2v) is 11.3. The average Bonchev–Trinajstić information content (AvgIpc) is 2.66. The quantitative estimate of drug-likeness (QED) is 0.640. The molecule has 0 unspecified atom stereocenters. The van der Waals surface area contributed by atoms with E-state index in [9.17, 15) is 22.0 Å². The number of halogens is 2. The van der Waals surface area contributed by atoms with Crippen LogP contribution >= 0.6 is 0 Å². The Labute approximate surface area is 192 Å². The molecule has 1 amide bonds. The van der Waals surface area contributed by atoms with Gasteiger partial charge < -0.3 is 15.8 Å². The zero-order chi connectivity index (χ0) is 24.6. The molecule has 33 heavy (non-hydrogen) atoms. The molecule has 1 saturated heterocycles.